The summed E-state index contributed by atoms with van der Waals surface area (Å²) in [4.78, 5) is 7.37. The van der Waals surface area contributed by atoms with Gasteiger partial charge >= 0.3 is 0 Å². The molecule has 0 saturated carbocycles. The first-order valence-electron chi connectivity index (χ1n) is 6.45. The minimum Gasteiger partial charge on any atom is -0.345 e. The molecule has 1 heterocycles. The van der Waals surface area contributed by atoms with Crippen LogP contribution in [0.1, 0.15) is 45.7 Å². The molecule has 2 aromatic rings. The van der Waals surface area contributed by atoms with E-state index in [1.165, 1.54) is 0 Å². The summed E-state index contributed by atoms with van der Waals surface area (Å²) in [5, 5.41) is 0. The van der Waals surface area contributed by atoms with Crippen molar-refractivity contribution in [2.75, 3.05) is 0 Å². The Labute approximate surface area is 108 Å². The van der Waals surface area contributed by atoms with Crippen LogP contribution in [0.2, 0.25) is 0 Å². The summed E-state index contributed by atoms with van der Waals surface area (Å²) in [6, 6.07) is 1.90. The third-order valence-electron chi connectivity index (χ3n) is 3.10. The Morgan fingerprint density at radius 2 is 2.00 bits per heavy atom. The summed E-state index contributed by atoms with van der Waals surface area (Å²) in [6.07, 6.45) is 2.39. The molecule has 0 unspecified atom stereocenters. The summed E-state index contributed by atoms with van der Waals surface area (Å²) in [5.41, 5.74) is 2.94. The van der Waals surface area contributed by atoms with Crippen molar-refractivity contribution in [3.63, 3.8) is 0 Å². The van der Waals surface area contributed by atoms with Crippen molar-refractivity contribution in [3.05, 3.63) is 29.3 Å². The highest BCUT2D eigenvalue weighted by atomic mass is 19.1. The molecule has 0 aliphatic carbocycles. The van der Waals surface area contributed by atoms with Gasteiger partial charge in [0.1, 0.15) is 5.82 Å². The van der Waals surface area contributed by atoms with Gasteiger partial charge in [-0.2, -0.15) is 0 Å². The van der Waals surface area contributed by atoms with E-state index in [0.29, 0.717) is 5.92 Å². The second-order valence-corrected chi connectivity index (χ2v) is 6.37. The predicted molar refractivity (Wildman–Crippen MR) is 73.3 cm³/mol. The lowest BCUT2D eigenvalue weighted by molar-refractivity contribution is 0.510. The number of halogens is 1. The molecule has 0 spiro atoms. The van der Waals surface area contributed by atoms with Crippen LogP contribution in [0.25, 0.3) is 11.0 Å². The van der Waals surface area contributed by atoms with E-state index in [1.54, 1.807) is 6.33 Å². The highest BCUT2D eigenvalue weighted by molar-refractivity contribution is 5.80. The summed E-state index contributed by atoms with van der Waals surface area (Å²) in [7, 11) is 0. The number of fused-ring (bicyclic) bond motifs is 1. The smallest absolute Gasteiger partial charge is 0.132 e. The van der Waals surface area contributed by atoms with Gasteiger partial charge in [0, 0.05) is 5.56 Å². The van der Waals surface area contributed by atoms with Crippen molar-refractivity contribution in [1.29, 1.82) is 0 Å². The highest BCUT2D eigenvalue weighted by Crippen LogP contribution is 2.33. The van der Waals surface area contributed by atoms with Gasteiger partial charge in [-0.1, -0.05) is 34.6 Å². The summed E-state index contributed by atoms with van der Waals surface area (Å²) in [6.45, 7) is 10.3. The fraction of sp³-hybridized carbons (Fsp3) is 0.533. The molecule has 0 radical (unpaired) electrons. The van der Waals surface area contributed by atoms with Crippen LogP contribution in [0.3, 0.4) is 0 Å². The van der Waals surface area contributed by atoms with Crippen LogP contribution in [-0.4, -0.2) is 9.97 Å². The van der Waals surface area contributed by atoms with Crippen LogP contribution in [0.4, 0.5) is 4.39 Å². The van der Waals surface area contributed by atoms with E-state index in [4.69, 9.17) is 0 Å². The predicted octanol–water partition coefficient (Wildman–Crippen LogP) is 4.20. The lowest BCUT2D eigenvalue weighted by Gasteiger charge is -2.22. The number of nitrogens with one attached hydrogen (secondary N) is 1. The van der Waals surface area contributed by atoms with Crippen LogP contribution in [0.5, 0.6) is 0 Å². The molecule has 0 amide bonds. The molecule has 18 heavy (non-hydrogen) atoms. The second kappa shape index (κ2) is 4.38. The highest BCUT2D eigenvalue weighted by Gasteiger charge is 2.25. The largest absolute Gasteiger partial charge is 0.345 e. The van der Waals surface area contributed by atoms with Gasteiger partial charge in [0.25, 0.3) is 0 Å². The normalized spacial score (nSPS) is 12.6. The van der Waals surface area contributed by atoms with Crippen molar-refractivity contribution in [3.8, 4) is 0 Å². The van der Waals surface area contributed by atoms with E-state index in [0.717, 1.165) is 28.6 Å². The van der Waals surface area contributed by atoms with Gasteiger partial charge in [-0.05, 0) is 29.4 Å². The average molecular weight is 248 g/mol. The molecule has 98 valence electrons. The molecule has 3 heteroatoms. The lowest BCUT2D eigenvalue weighted by atomic mass is 9.83. The number of aromatic amines is 1. The zero-order chi connectivity index (χ0) is 13.5. The fourth-order valence-corrected chi connectivity index (χ4v) is 2.39. The van der Waals surface area contributed by atoms with E-state index in [9.17, 15) is 4.39 Å². The quantitative estimate of drug-likeness (QED) is 0.847. The minimum absolute atomic E-state index is 0.0872. The first-order chi connectivity index (χ1) is 8.30. The number of aromatic nitrogens is 2. The van der Waals surface area contributed by atoms with Gasteiger partial charge in [-0.3, -0.25) is 0 Å². The zero-order valence-electron chi connectivity index (χ0n) is 11.8. The molecular weight excluding hydrogens is 227 g/mol. The average Bonchev–Trinajstić information content (AvgIpc) is 2.62. The second-order valence-electron chi connectivity index (χ2n) is 6.37. The fourth-order valence-electron chi connectivity index (χ4n) is 2.39. The van der Waals surface area contributed by atoms with E-state index in [2.05, 4.69) is 23.8 Å². The van der Waals surface area contributed by atoms with Gasteiger partial charge in [0.05, 0.1) is 17.4 Å². The lowest BCUT2D eigenvalue weighted by Crippen LogP contribution is -2.16. The van der Waals surface area contributed by atoms with Crippen LogP contribution < -0.4 is 0 Å². The zero-order valence-corrected chi connectivity index (χ0v) is 11.8. The van der Waals surface area contributed by atoms with Gasteiger partial charge < -0.3 is 4.98 Å². The number of rotatable bonds is 2. The van der Waals surface area contributed by atoms with Crippen LogP contribution in [-0.2, 0) is 11.8 Å². The first-order valence-corrected chi connectivity index (χ1v) is 6.45. The van der Waals surface area contributed by atoms with Crippen LogP contribution in [0.15, 0.2) is 12.4 Å². The maximum atomic E-state index is 14.7. The summed E-state index contributed by atoms with van der Waals surface area (Å²) in [5.74, 6) is 0.350. The monoisotopic (exact) mass is 248 g/mol. The Balaban J connectivity index is 2.72. The molecule has 0 bridgehead atoms. The van der Waals surface area contributed by atoms with Gasteiger partial charge in [0.15, 0.2) is 0 Å². The summed E-state index contributed by atoms with van der Waals surface area (Å²) >= 11 is 0. The summed E-state index contributed by atoms with van der Waals surface area (Å²) < 4.78 is 14.7. The van der Waals surface area contributed by atoms with Crippen molar-refractivity contribution < 1.29 is 4.39 Å². The SMILES string of the molecule is CC(C)Cc1cc2[nH]cnc2c(C(C)(C)C)c1F. The molecule has 0 aliphatic rings. The maximum absolute atomic E-state index is 14.7. The Hall–Kier alpha value is -1.38. The van der Waals surface area contributed by atoms with Gasteiger partial charge in [0.2, 0.25) is 0 Å². The van der Waals surface area contributed by atoms with E-state index >= 15 is 0 Å². The molecule has 0 fully saturated rings. The Kier molecular flexibility index (Phi) is 3.18. The van der Waals surface area contributed by atoms with Gasteiger partial charge in [-0.15, -0.1) is 0 Å². The van der Waals surface area contributed by atoms with E-state index < -0.39 is 0 Å². The molecule has 0 atom stereocenters. The number of hydrogen-bond acceptors (Lipinski definition) is 1. The third-order valence-corrected chi connectivity index (χ3v) is 3.10. The van der Waals surface area contributed by atoms with E-state index in [1.807, 2.05) is 26.8 Å². The number of nitrogens with zero attached hydrogens (tertiary/aromatic N) is 1. The maximum Gasteiger partial charge on any atom is 0.132 e. The van der Waals surface area contributed by atoms with Crippen molar-refractivity contribution in [2.45, 2.75) is 46.5 Å². The number of imidazole rings is 1. The molecule has 2 nitrogen and oxygen atoms in total. The molecule has 1 aromatic heterocycles. The standard InChI is InChI=1S/C15H21FN2/c1-9(2)6-10-7-11-14(18-8-17-11)12(13(10)16)15(3,4)5/h7-9H,6H2,1-5H3,(H,17,18). The Morgan fingerprint density at radius 3 is 2.56 bits per heavy atom. The molecule has 1 N–H and O–H groups in total. The topological polar surface area (TPSA) is 28.7 Å². The molecular formula is C15H21FN2. The Morgan fingerprint density at radius 1 is 1.33 bits per heavy atom. The van der Waals surface area contributed by atoms with E-state index in [-0.39, 0.29) is 11.2 Å². The Bertz CT molecular complexity index is 562. The molecule has 0 saturated heterocycles. The minimum atomic E-state index is -0.246. The van der Waals surface area contributed by atoms with Crippen molar-refractivity contribution in [1.82, 2.24) is 9.97 Å². The number of hydrogen-bond donors (Lipinski definition) is 1. The van der Waals surface area contributed by atoms with Gasteiger partial charge in [-0.25, -0.2) is 9.37 Å². The number of benzene rings is 1. The van der Waals surface area contributed by atoms with Crippen LogP contribution in [0, 0.1) is 11.7 Å². The van der Waals surface area contributed by atoms with Crippen molar-refractivity contribution >= 4 is 11.0 Å². The van der Waals surface area contributed by atoms with Crippen molar-refractivity contribution in [2.24, 2.45) is 5.92 Å². The molecule has 1 aromatic carbocycles. The van der Waals surface area contributed by atoms with Crippen LogP contribution >= 0.6 is 0 Å². The number of H-pyrrole nitrogens is 1. The third kappa shape index (κ3) is 2.26. The molecule has 2 rings (SSSR count). The molecule has 0 aliphatic heterocycles. The first kappa shape index (κ1) is 13.1.